The van der Waals surface area contributed by atoms with Gasteiger partial charge < -0.3 is 9.80 Å². The van der Waals surface area contributed by atoms with Gasteiger partial charge in [0.05, 0.1) is 5.92 Å². The lowest BCUT2D eigenvalue weighted by Gasteiger charge is -2.22. The van der Waals surface area contributed by atoms with Crippen LogP contribution in [-0.2, 0) is 16.0 Å². The molecule has 2 amide bonds. The average molecular weight is 288 g/mol. The Labute approximate surface area is 126 Å². The van der Waals surface area contributed by atoms with Gasteiger partial charge in [0.1, 0.15) is 0 Å². The van der Waals surface area contributed by atoms with Gasteiger partial charge in [-0.1, -0.05) is 30.3 Å². The Morgan fingerprint density at radius 1 is 1.24 bits per heavy atom. The van der Waals surface area contributed by atoms with Gasteiger partial charge in [-0.25, -0.2) is 0 Å². The summed E-state index contributed by atoms with van der Waals surface area (Å²) < 4.78 is 0. The number of rotatable bonds is 6. The molecule has 1 saturated heterocycles. The van der Waals surface area contributed by atoms with Gasteiger partial charge in [-0.3, -0.25) is 9.59 Å². The second kappa shape index (κ2) is 7.25. The number of likely N-dealkylation sites (tertiary alicyclic amines) is 1. The summed E-state index contributed by atoms with van der Waals surface area (Å²) in [6, 6.07) is 10.1. The van der Waals surface area contributed by atoms with Crippen LogP contribution in [0.3, 0.4) is 0 Å². The third kappa shape index (κ3) is 3.84. The van der Waals surface area contributed by atoms with Crippen molar-refractivity contribution in [1.82, 2.24) is 9.80 Å². The van der Waals surface area contributed by atoms with E-state index in [9.17, 15) is 9.59 Å². The SMILES string of the molecule is CCN(CC)C(=O)[C@H]1CC(=O)N(CCc2ccccc2)C1. The highest BCUT2D eigenvalue weighted by Gasteiger charge is 2.35. The van der Waals surface area contributed by atoms with Crippen LogP contribution in [0.25, 0.3) is 0 Å². The van der Waals surface area contributed by atoms with E-state index in [1.165, 1.54) is 5.56 Å². The minimum absolute atomic E-state index is 0.108. The molecular weight excluding hydrogens is 264 g/mol. The van der Waals surface area contributed by atoms with Gasteiger partial charge >= 0.3 is 0 Å². The molecule has 0 aliphatic carbocycles. The quantitative estimate of drug-likeness (QED) is 0.802. The van der Waals surface area contributed by atoms with Crippen molar-refractivity contribution >= 4 is 11.8 Å². The highest BCUT2D eigenvalue weighted by Crippen LogP contribution is 2.20. The lowest BCUT2D eigenvalue weighted by atomic mass is 10.1. The van der Waals surface area contributed by atoms with Crippen molar-refractivity contribution in [1.29, 1.82) is 0 Å². The molecule has 4 heteroatoms. The zero-order chi connectivity index (χ0) is 15.2. The maximum Gasteiger partial charge on any atom is 0.227 e. The third-order valence-corrected chi connectivity index (χ3v) is 4.15. The summed E-state index contributed by atoms with van der Waals surface area (Å²) in [6.07, 6.45) is 1.21. The van der Waals surface area contributed by atoms with E-state index in [1.807, 2.05) is 41.8 Å². The van der Waals surface area contributed by atoms with Crippen molar-refractivity contribution in [2.45, 2.75) is 26.7 Å². The van der Waals surface area contributed by atoms with E-state index in [1.54, 1.807) is 0 Å². The lowest BCUT2D eigenvalue weighted by Crippen LogP contribution is -2.37. The summed E-state index contributed by atoms with van der Waals surface area (Å²) in [5.74, 6) is 0.0696. The Morgan fingerprint density at radius 2 is 1.90 bits per heavy atom. The van der Waals surface area contributed by atoms with Gasteiger partial charge in [-0.2, -0.15) is 0 Å². The zero-order valence-corrected chi connectivity index (χ0v) is 12.9. The van der Waals surface area contributed by atoms with Gasteiger partial charge in [0, 0.05) is 32.6 Å². The van der Waals surface area contributed by atoms with Gasteiger partial charge in [-0.05, 0) is 25.8 Å². The van der Waals surface area contributed by atoms with Crippen molar-refractivity contribution in [3.8, 4) is 0 Å². The molecule has 0 bridgehead atoms. The van der Waals surface area contributed by atoms with E-state index in [0.717, 1.165) is 6.42 Å². The van der Waals surface area contributed by atoms with Crippen LogP contribution in [0.2, 0.25) is 0 Å². The van der Waals surface area contributed by atoms with E-state index in [2.05, 4.69) is 12.1 Å². The summed E-state index contributed by atoms with van der Waals surface area (Å²) >= 11 is 0. The van der Waals surface area contributed by atoms with Crippen molar-refractivity contribution < 1.29 is 9.59 Å². The molecule has 1 aromatic rings. The maximum atomic E-state index is 12.3. The minimum Gasteiger partial charge on any atom is -0.343 e. The van der Waals surface area contributed by atoms with E-state index < -0.39 is 0 Å². The summed E-state index contributed by atoms with van der Waals surface area (Å²) in [6.45, 7) is 6.65. The number of hydrogen-bond acceptors (Lipinski definition) is 2. The summed E-state index contributed by atoms with van der Waals surface area (Å²) in [7, 11) is 0. The third-order valence-electron chi connectivity index (χ3n) is 4.15. The lowest BCUT2D eigenvalue weighted by molar-refractivity contribution is -0.135. The number of carbonyl (C=O) groups excluding carboxylic acids is 2. The van der Waals surface area contributed by atoms with Gasteiger partial charge in [0.15, 0.2) is 0 Å². The van der Waals surface area contributed by atoms with Crippen LogP contribution in [0.1, 0.15) is 25.8 Å². The minimum atomic E-state index is -0.159. The maximum absolute atomic E-state index is 12.3. The first kappa shape index (κ1) is 15.5. The zero-order valence-electron chi connectivity index (χ0n) is 12.9. The first-order chi connectivity index (χ1) is 10.2. The molecule has 0 spiro atoms. The number of nitrogens with zero attached hydrogens (tertiary/aromatic N) is 2. The van der Waals surface area contributed by atoms with Crippen LogP contribution in [0, 0.1) is 5.92 Å². The second-order valence-corrected chi connectivity index (χ2v) is 5.49. The Morgan fingerprint density at radius 3 is 2.52 bits per heavy atom. The fourth-order valence-electron chi connectivity index (χ4n) is 2.86. The van der Waals surface area contributed by atoms with Crippen LogP contribution in [0.5, 0.6) is 0 Å². The topological polar surface area (TPSA) is 40.6 Å². The van der Waals surface area contributed by atoms with E-state index in [4.69, 9.17) is 0 Å². The molecule has 1 aliphatic heterocycles. The smallest absolute Gasteiger partial charge is 0.227 e. The first-order valence-electron chi connectivity index (χ1n) is 7.76. The van der Waals surface area contributed by atoms with Crippen LogP contribution >= 0.6 is 0 Å². The van der Waals surface area contributed by atoms with Crippen LogP contribution in [0.4, 0.5) is 0 Å². The molecule has 1 aromatic carbocycles. The molecule has 1 atom stereocenters. The summed E-state index contributed by atoms with van der Waals surface area (Å²) in [5.41, 5.74) is 1.23. The fraction of sp³-hybridized carbons (Fsp3) is 0.529. The summed E-state index contributed by atoms with van der Waals surface area (Å²) in [5, 5.41) is 0. The molecule has 0 unspecified atom stereocenters. The molecule has 21 heavy (non-hydrogen) atoms. The molecule has 1 fully saturated rings. The Bertz CT molecular complexity index is 483. The van der Waals surface area contributed by atoms with Crippen molar-refractivity contribution in [3.05, 3.63) is 35.9 Å². The van der Waals surface area contributed by atoms with Crippen LogP contribution in [0.15, 0.2) is 30.3 Å². The molecule has 0 radical (unpaired) electrons. The fourth-order valence-corrected chi connectivity index (χ4v) is 2.86. The second-order valence-electron chi connectivity index (χ2n) is 5.49. The summed E-state index contributed by atoms with van der Waals surface area (Å²) in [4.78, 5) is 28.0. The van der Waals surface area contributed by atoms with E-state index in [0.29, 0.717) is 32.6 Å². The average Bonchev–Trinajstić information content (AvgIpc) is 2.88. The predicted octanol–water partition coefficient (Wildman–Crippen LogP) is 1.95. The van der Waals surface area contributed by atoms with Gasteiger partial charge in [0.25, 0.3) is 0 Å². The predicted molar refractivity (Wildman–Crippen MR) is 82.8 cm³/mol. The number of hydrogen-bond donors (Lipinski definition) is 0. The first-order valence-corrected chi connectivity index (χ1v) is 7.76. The molecule has 2 rings (SSSR count). The Hall–Kier alpha value is -1.84. The molecule has 114 valence electrons. The standard InChI is InChI=1S/C17H24N2O2/c1-3-18(4-2)17(21)15-12-16(20)19(13-15)11-10-14-8-6-5-7-9-14/h5-9,15H,3-4,10-13H2,1-2H3/t15-/m0/s1. The Balaban J connectivity index is 1.89. The molecular formula is C17H24N2O2. The number of amides is 2. The molecule has 1 aliphatic rings. The number of carbonyl (C=O) groups is 2. The molecule has 0 N–H and O–H groups in total. The highest BCUT2D eigenvalue weighted by molar-refractivity contribution is 5.89. The van der Waals surface area contributed by atoms with Gasteiger partial charge in [0.2, 0.25) is 11.8 Å². The van der Waals surface area contributed by atoms with Crippen molar-refractivity contribution in [2.24, 2.45) is 5.92 Å². The monoisotopic (exact) mass is 288 g/mol. The van der Waals surface area contributed by atoms with Crippen LogP contribution in [-0.4, -0.2) is 47.8 Å². The van der Waals surface area contributed by atoms with Crippen LogP contribution < -0.4 is 0 Å². The largest absolute Gasteiger partial charge is 0.343 e. The van der Waals surface area contributed by atoms with Gasteiger partial charge in [-0.15, -0.1) is 0 Å². The molecule has 0 saturated carbocycles. The highest BCUT2D eigenvalue weighted by atomic mass is 16.2. The Kier molecular flexibility index (Phi) is 5.37. The van der Waals surface area contributed by atoms with Crippen molar-refractivity contribution in [3.63, 3.8) is 0 Å². The normalized spacial score (nSPS) is 18.1. The molecule has 4 nitrogen and oxygen atoms in total. The van der Waals surface area contributed by atoms with E-state index in [-0.39, 0.29) is 17.7 Å². The van der Waals surface area contributed by atoms with E-state index >= 15 is 0 Å². The number of benzene rings is 1. The molecule has 0 aromatic heterocycles. The van der Waals surface area contributed by atoms with Crippen molar-refractivity contribution in [2.75, 3.05) is 26.2 Å². The molecule has 1 heterocycles.